The van der Waals surface area contributed by atoms with Gasteiger partial charge in [-0.25, -0.2) is 4.79 Å². The number of nitrogens with zero attached hydrogens (tertiary/aromatic N) is 1. The van der Waals surface area contributed by atoms with E-state index in [1.54, 1.807) is 13.8 Å². The molecule has 62 heavy (non-hydrogen) atoms. The number of anilines is 4. The summed E-state index contributed by atoms with van der Waals surface area (Å²) in [6.07, 6.45) is -3.16. The summed E-state index contributed by atoms with van der Waals surface area (Å²) in [6, 6.07) is 25.1. The first-order valence-electron chi connectivity index (χ1n) is 18.6. The molecule has 0 spiro atoms. The molecule has 0 aliphatic rings. The number of nitro groups is 1. The number of primary amides is 1. The number of aliphatic hydroxyl groups is 1. The maximum Gasteiger partial charge on any atom is 0.335 e. The maximum absolute atomic E-state index is 13.5. The predicted octanol–water partition coefficient (Wildman–Crippen LogP) is 4.93. The molecule has 0 aliphatic heterocycles. The highest BCUT2D eigenvalue weighted by Crippen LogP contribution is 2.29. The van der Waals surface area contributed by atoms with Crippen molar-refractivity contribution in [2.24, 2.45) is 5.73 Å². The van der Waals surface area contributed by atoms with Gasteiger partial charge in [-0.1, -0.05) is 0 Å². The van der Waals surface area contributed by atoms with Crippen molar-refractivity contribution in [2.75, 3.05) is 28.4 Å². The Hall–Kier alpha value is -8.16. The van der Waals surface area contributed by atoms with E-state index in [4.69, 9.17) is 20.3 Å². The lowest BCUT2D eigenvalue weighted by Crippen LogP contribution is -2.56. The summed E-state index contributed by atoms with van der Waals surface area (Å²) in [4.78, 5) is 86.9. The largest absolute Gasteiger partial charge is 0.489 e. The molecule has 0 aliphatic carbocycles. The van der Waals surface area contributed by atoms with E-state index in [0.717, 1.165) is 7.11 Å². The molecule has 19 heteroatoms. The summed E-state index contributed by atoms with van der Waals surface area (Å²) in [6.45, 7) is 3.53. The van der Waals surface area contributed by atoms with Crippen molar-refractivity contribution < 1.29 is 53.4 Å². The van der Waals surface area contributed by atoms with Crippen molar-refractivity contribution in [3.63, 3.8) is 0 Å². The number of benzene rings is 5. The third-order valence-electron chi connectivity index (χ3n) is 8.94. The number of non-ortho nitro benzene ring substituents is 1. The van der Waals surface area contributed by atoms with E-state index in [0.29, 0.717) is 16.9 Å². The summed E-state index contributed by atoms with van der Waals surface area (Å²) in [5.41, 5.74) is 7.40. The highest BCUT2D eigenvalue weighted by atomic mass is 16.6. The fourth-order valence-electron chi connectivity index (χ4n) is 5.79. The molecule has 3 atom stereocenters. The van der Waals surface area contributed by atoms with Gasteiger partial charge in [-0.15, -0.1) is 0 Å². The number of rotatable bonds is 18. The monoisotopic (exact) mass is 847 g/mol. The first-order valence-corrected chi connectivity index (χ1v) is 18.6. The summed E-state index contributed by atoms with van der Waals surface area (Å²) < 4.78 is 11.1. The fourth-order valence-corrected chi connectivity index (χ4v) is 5.79. The number of nitrogens with one attached hydrogen (secondary N) is 5. The molecular formula is C43H41N7O12. The molecule has 0 saturated carbocycles. The molecule has 0 heterocycles. The molecule has 0 aromatic heterocycles. The second kappa shape index (κ2) is 20.2. The van der Waals surface area contributed by atoms with Crippen molar-refractivity contribution in [3.05, 3.63) is 153 Å². The highest BCUT2D eigenvalue weighted by molar-refractivity contribution is 6.08. The van der Waals surface area contributed by atoms with Gasteiger partial charge in [-0.2, -0.15) is 0 Å². The minimum Gasteiger partial charge on any atom is -0.489 e. The number of carboxylic acids is 1. The zero-order chi connectivity index (χ0) is 45.1. The van der Waals surface area contributed by atoms with Gasteiger partial charge in [-0.05, 0) is 117 Å². The number of carboxylic acid groups (broad SMARTS) is 1. The number of nitrogens with two attached hydrogens (primary N) is 1. The van der Waals surface area contributed by atoms with Gasteiger partial charge in [0.05, 0.1) is 22.3 Å². The van der Waals surface area contributed by atoms with E-state index in [9.17, 15) is 44.0 Å². The molecule has 19 nitrogen and oxygen atoms in total. The molecule has 3 unspecified atom stereocenters. The van der Waals surface area contributed by atoms with E-state index < -0.39 is 58.8 Å². The van der Waals surface area contributed by atoms with Crippen molar-refractivity contribution >= 4 is 63.9 Å². The zero-order valence-electron chi connectivity index (χ0n) is 33.3. The van der Waals surface area contributed by atoms with Gasteiger partial charge in [0, 0.05) is 58.6 Å². The average Bonchev–Trinajstić information content (AvgIpc) is 3.24. The van der Waals surface area contributed by atoms with Crippen LogP contribution in [-0.2, 0) is 14.3 Å². The van der Waals surface area contributed by atoms with Crippen LogP contribution in [0.15, 0.2) is 115 Å². The number of carbonyl (C=O) groups excluding carboxylic acids is 5. The van der Waals surface area contributed by atoms with E-state index in [1.807, 2.05) is 0 Å². The molecule has 5 aromatic carbocycles. The van der Waals surface area contributed by atoms with Gasteiger partial charge < -0.3 is 52.0 Å². The summed E-state index contributed by atoms with van der Waals surface area (Å²) >= 11 is 0. The predicted molar refractivity (Wildman–Crippen MR) is 226 cm³/mol. The van der Waals surface area contributed by atoms with Crippen LogP contribution in [0, 0.1) is 10.1 Å². The van der Waals surface area contributed by atoms with Crippen LogP contribution in [0.1, 0.15) is 67.1 Å². The van der Waals surface area contributed by atoms with Gasteiger partial charge in [0.1, 0.15) is 11.8 Å². The first kappa shape index (κ1) is 44.9. The maximum atomic E-state index is 13.5. The Morgan fingerprint density at radius 2 is 1.19 bits per heavy atom. The van der Waals surface area contributed by atoms with Crippen molar-refractivity contribution in [1.82, 2.24) is 5.32 Å². The van der Waals surface area contributed by atoms with Crippen LogP contribution in [0.2, 0.25) is 0 Å². The minimum atomic E-state index is -1.61. The second-order valence-corrected chi connectivity index (χ2v) is 13.7. The Labute approximate surface area is 353 Å². The van der Waals surface area contributed by atoms with Crippen molar-refractivity contribution in [3.8, 4) is 5.75 Å². The van der Waals surface area contributed by atoms with Gasteiger partial charge in [0.2, 0.25) is 11.8 Å². The van der Waals surface area contributed by atoms with E-state index in [2.05, 4.69) is 26.6 Å². The lowest BCUT2D eigenvalue weighted by molar-refractivity contribution is -0.384. The summed E-state index contributed by atoms with van der Waals surface area (Å²) in [5, 5.41) is 43.9. The SMILES string of the molecule is COC(C(N)=O)C(NC(=O)c1ccc(NC(O)c2ccc([N+](=O)[O-])cc2)cc1)C(=O)Nc1ccc(C(=O)Nc2ccc(C(=O)Nc3ccc(C(=O)O)cc3)cc2OC(C)C)cc1. The van der Waals surface area contributed by atoms with E-state index >= 15 is 0 Å². The number of hydrogen-bond acceptors (Lipinski definition) is 12. The topological polar surface area (TPSA) is 291 Å². The van der Waals surface area contributed by atoms with Crippen LogP contribution in [0.5, 0.6) is 5.75 Å². The lowest BCUT2D eigenvalue weighted by Gasteiger charge is -2.24. The number of nitro benzene ring substituents is 1. The smallest absolute Gasteiger partial charge is 0.335 e. The van der Waals surface area contributed by atoms with Gasteiger partial charge >= 0.3 is 5.97 Å². The molecule has 9 N–H and O–H groups in total. The summed E-state index contributed by atoms with van der Waals surface area (Å²) in [7, 11) is 1.14. The third kappa shape index (κ3) is 11.7. The minimum absolute atomic E-state index is 0.0601. The van der Waals surface area contributed by atoms with Crippen molar-refractivity contribution in [1.29, 1.82) is 0 Å². The van der Waals surface area contributed by atoms with Crippen LogP contribution in [0.4, 0.5) is 28.4 Å². The number of hydrogen-bond donors (Lipinski definition) is 8. The standard InChI is InChI=1S/C43H41N7O12/c1-23(2)62-34-22-28(41(55)46-30-17-8-27(9-18-30)43(57)58)12-21-33(34)48-39(53)24-4-15-31(16-5-24)47-42(56)35(36(61-3)37(44)51)49-40(54)25-6-13-29(14-7-25)45-38(52)26-10-19-32(20-11-26)50(59)60/h4-23,35-36,38,45,52H,1-3H3,(H2,44,51)(H,46,55)(H,47,56)(H,48,53)(H,49,54)(H,57,58). The number of ether oxygens (including phenoxy) is 2. The highest BCUT2D eigenvalue weighted by Gasteiger charge is 2.34. The third-order valence-corrected chi connectivity index (χ3v) is 8.94. The number of amides is 5. The molecule has 0 bridgehead atoms. The van der Waals surface area contributed by atoms with E-state index in [-0.39, 0.29) is 51.2 Å². The molecule has 5 aromatic rings. The van der Waals surface area contributed by atoms with Gasteiger partial charge in [0.25, 0.3) is 23.4 Å². The molecule has 0 fully saturated rings. The van der Waals surface area contributed by atoms with Crippen molar-refractivity contribution in [2.45, 2.75) is 38.3 Å². The molecule has 0 radical (unpaired) electrons. The molecule has 5 amide bonds. The van der Waals surface area contributed by atoms with E-state index in [1.165, 1.54) is 115 Å². The Balaban J connectivity index is 1.23. The van der Waals surface area contributed by atoms with Crippen LogP contribution in [0.25, 0.3) is 0 Å². The fraction of sp³-hybridized carbons (Fsp3) is 0.163. The lowest BCUT2D eigenvalue weighted by atomic mass is 10.1. The Kier molecular flexibility index (Phi) is 14.6. The van der Waals surface area contributed by atoms with Crippen LogP contribution >= 0.6 is 0 Å². The molecule has 0 saturated heterocycles. The first-order chi connectivity index (χ1) is 29.5. The second-order valence-electron chi connectivity index (χ2n) is 13.7. The van der Waals surface area contributed by atoms with Crippen LogP contribution in [-0.4, -0.2) is 76.0 Å². The number of carbonyl (C=O) groups is 6. The Morgan fingerprint density at radius 3 is 1.73 bits per heavy atom. The Bertz CT molecular complexity index is 2460. The van der Waals surface area contributed by atoms with Crippen LogP contribution < -0.4 is 37.1 Å². The average molecular weight is 848 g/mol. The van der Waals surface area contributed by atoms with Gasteiger partial charge in [0.15, 0.2) is 12.3 Å². The Morgan fingerprint density at radius 1 is 0.677 bits per heavy atom. The zero-order valence-corrected chi connectivity index (χ0v) is 33.3. The molecular weight excluding hydrogens is 807 g/mol. The molecule has 5 rings (SSSR count). The molecule has 320 valence electrons. The van der Waals surface area contributed by atoms with Crippen LogP contribution in [0.3, 0.4) is 0 Å². The number of aliphatic hydroxyl groups excluding tert-OH is 1. The number of aromatic carboxylic acids is 1. The normalized spacial score (nSPS) is 12.2. The summed E-state index contributed by atoms with van der Waals surface area (Å²) in [5.74, 6) is -4.66. The van der Waals surface area contributed by atoms with Gasteiger partial charge in [-0.3, -0.25) is 34.1 Å². The number of methoxy groups -OCH3 is 1. The quantitative estimate of drug-likeness (QED) is 0.0330.